The molecule has 7 heteroatoms. The molecule has 1 atom stereocenters. The van der Waals surface area contributed by atoms with Gasteiger partial charge in [0.05, 0.1) is 12.7 Å². The third-order valence-corrected chi connectivity index (χ3v) is 6.11. The summed E-state index contributed by atoms with van der Waals surface area (Å²) in [5.41, 5.74) is 3.40. The monoisotopic (exact) mass is 428 g/mol. The molecule has 0 radical (unpaired) electrons. The topological polar surface area (TPSA) is 31.0 Å². The van der Waals surface area contributed by atoms with Crippen LogP contribution in [-0.2, 0) is 4.74 Å². The van der Waals surface area contributed by atoms with Gasteiger partial charge in [-0.3, -0.25) is 4.90 Å². The van der Waals surface area contributed by atoms with Gasteiger partial charge in [0, 0.05) is 57.2 Å². The van der Waals surface area contributed by atoms with E-state index in [1.54, 1.807) is 12.1 Å². The molecule has 160 valence electrons. The number of thiocarbonyl (C=S) groups is 1. The molecular weight excluding hydrogens is 399 g/mol. The van der Waals surface area contributed by atoms with E-state index in [-0.39, 0.29) is 11.9 Å². The van der Waals surface area contributed by atoms with E-state index >= 15 is 0 Å². The standard InChI is InChI=1S/C23H29FN4OS/c1-18-2-8-21(9-3-18)27-12-10-26(11-13-27)16-22-17-28(14-15-29-22)23(30)25-20-6-4-19(24)5-7-20/h2-9,22H,10-17H2,1H3,(H,25,30). The molecule has 2 aliphatic rings. The van der Waals surface area contributed by atoms with Gasteiger partial charge in [-0.1, -0.05) is 17.7 Å². The number of hydrogen-bond donors (Lipinski definition) is 1. The third kappa shape index (κ3) is 5.47. The molecule has 0 aliphatic carbocycles. The highest BCUT2D eigenvalue weighted by Crippen LogP contribution is 2.18. The Bertz CT molecular complexity index is 837. The number of anilines is 2. The number of aryl methyl sites for hydroxylation is 1. The summed E-state index contributed by atoms with van der Waals surface area (Å²) in [5.74, 6) is -0.250. The lowest BCUT2D eigenvalue weighted by molar-refractivity contribution is -0.0236. The Hall–Kier alpha value is -2.22. The molecular formula is C23H29FN4OS. The van der Waals surface area contributed by atoms with Gasteiger partial charge >= 0.3 is 0 Å². The summed E-state index contributed by atoms with van der Waals surface area (Å²) in [5, 5.41) is 3.87. The van der Waals surface area contributed by atoms with Gasteiger partial charge in [-0.05, 0) is 55.5 Å². The summed E-state index contributed by atoms with van der Waals surface area (Å²) in [4.78, 5) is 7.08. The predicted molar refractivity (Wildman–Crippen MR) is 124 cm³/mol. The minimum atomic E-state index is -0.250. The number of rotatable bonds is 4. The summed E-state index contributed by atoms with van der Waals surface area (Å²) in [7, 11) is 0. The Morgan fingerprint density at radius 1 is 1.03 bits per heavy atom. The number of morpholine rings is 1. The number of halogens is 1. The van der Waals surface area contributed by atoms with Crippen LogP contribution < -0.4 is 10.2 Å². The van der Waals surface area contributed by atoms with E-state index in [0.717, 1.165) is 51.5 Å². The molecule has 0 spiro atoms. The Labute approximate surface area is 183 Å². The maximum atomic E-state index is 13.1. The fourth-order valence-corrected chi connectivity index (χ4v) is 4.27. The van der Waals surface area contributed by atoms with Crippen LogP contribution in [0.15, 0.2) is 48.5 Å². The van der Waals surface area contributed by atoms with Gasteiger partial charge in [0.15, 0.2) is 5.11 Å². The molecule has 2 fully saturated rings. The highest BCUT2D eigenvalue weighted by Gasteiger charge is 2.26. The van der Waals surface area contributed by atoms with E-state index in [0.29, 0.717) is 11.7 Å². The average Bonchev–Trinajstić information content (AvgIpc) is 2.77. The number of ether oxygens (including phenoxy) is 1. The van der Waals surface area contributed by atoms with Crippen LogP contribution >= 0.6 is 12.2 Å². The average molecular weight is 429 g/mol. The first-order valence-corrected chi connectivity index (χ1v) is 10.9. The number of piperazine rings is 1. The van der Waals surface area contributed by atoms with Crippen LogP contribution in [-0.4, -0.2) is 73.4 Å². The van der Waals surface area contributed by atoms with Crippen molar-refractivity contribution in [2.24, 2.45) is 0 Å². The van der Waals surface area contributed by atoms with Gasteiger partial charge in [-0.25, -0.2) is 4.39 Å². The van der Waals surface area contributed by atoms with E-state index in [1.807, 2.05) is 0 Å². The first-order valence-electron chi connectivity index (χ1n) is 10.5. The summed E-state index contributed by atoms with van der Waals surface area (Å²) in [6, 6.07) is 15.0. The number of nitrogens with one attached hydrogen (secondary N) is 1. The molecule has 0 aromatic heterocycles. The smallest absolute Gasteiger partial charge is 0.173 e. The Balaban J connectivity index is 1.24. The SMILES string of the molecule is Cc1ccc(N2CCN(CC3CN(C(=S)Nc4ccc(F)cc4)CCO3)CC2)cc1. The lowest BCUT2D eigenvalue weighted by Gasteiger charge is -2.40. The quantitative estimate of drug-likeness (QED) is 0.752. The van der Waals surface area contributed by atoms with Crippen molar-refractivity contribution >= 4 is 28.7 Å². The predicted octanol–water partition coefficient (Wildman–Crippen LogP) is 3.35. The van der Waals surface area contributed by atoms with Crippen molar-refractivity contribution in [1.82, 2.24) is 9.80 Å². The van der Waals surface area contributed by atoms with Crippen LogP contribution in [0, 0.1) is 12.7 Å². The number of benzene rings is 2. The molecule has 2 aromatic carbocycles. The molecule has 4 rings (SSSR count). The molecule has 1 unspecified atom stereocenters. The molecule has 30 heavy (non-hydrogen) atoms. The van der Waals surface area contributed by atoms with Crippen molar-refractivity contribution in [1.29, 1.82) is 0 Å². The van der Waals surface area contributed by atoms with Gasteiger partial charge in [-0.2, -0.15) is 0 Å². The largest absolute Gasteiger partial charge is 0.373 e. The molecule has 2 heterocycles. The van der Waals surface area contributed by atoms with E-state index in [1.165, 1.54) is 23.4 Å². The minimum Gasteiger partial charge on any atom is -0.373 e. The van der Waals surface area contributed by atoms with Crippen molar-refractivity contribution in [2.75, 3.05) is 62.6 Å². The fourth-order valence-electron chi connectivity index (χ4n) is 3.98. The second kappa shape index (κ2) is 9.73. The van der Waals surface area contributed by atoms with Crippen LogP contribution in [0.3, 0.4) is 0 Å². The first-order chi connectivity index (χ1) is 14.6. The fraction of sp³-hybridized carbons (Fsp3) is 0.435. The zero-order chi connectivity index (χ0) is 20.9. The van der Waals surface area contributed by atoms with E-state index < -0.39 is 0 Å². The van der Waals surface area contributed by atoms with Crippen molar-refractivity contribution < 1.29 is 9.13 Å². The summed E-state index contributed by atoms with van der Waals surface area (Å²) in [6.07, 6.45) is 0.137. The number of hydrogen-bond acceptors (Lipinski definition) is 4. The maximum absolute atomic E-state index is 13.1. The van der Waals surface area contributed by atoms with Crippen molar-refractivity contribution in [3.8, 4) is 0 Å². The summed E-state index contributed by atoms with van der Waals surface area (Å²) in [6.45, 7) is 9.37. The first kappa shape index (κ1) is 21.0. The van der Waals surface area contributed by atoms with Crippen LogP contribution in [0.5, 0.6) is 0 Å². The molecule has 2 aromatic rings. The van der Waals surface area contributed by atoms with E-state index in [2.05, 4.69) is 51.2 Å². The Kier molecular flexibility index (Phi) is 6.82. The minimum absolute atomic E-state index is 0.137. The maximum Gasteiger partial charge on any atom is 0.173 e. The van der Waals surface area contributed by atoms with Gasteiger partial charge in [0.2, 0.25) is 0 Å². The molecule has 2 aliphatic heterocycles. The zero-order valence-corrected chi connectivity index (χ0v) is 18.2. The van der Waals surface area contributed by atoms with Gasteiger partial charge < -0.3 is 19.9 Å². The molecule has 0 saturated carbocycles. The van der Waals surface area contributed by atoms with Gasteiger partial charge in [0.1, 0.15) is 5.82 Å². The summed E-state index contributed by atoms with van der Waals surface area (Å²) < 4.78 is 19.1. The highest BCUT2D eigenvalue weighted by molar-refractivity contribution is 7.80. The molecule has 1 N–H and O–H groups in total. The second-order valence-electron chi connectivity index (χ2n) is 8.00. The highest BCUT2D eigenvalue weighted by atomic mass is 32.1. The van der Waals surface area contributed by atoms with Gasteiger partial charge in [0.25, 0.3) is 0 Å². The Morgan fingerprint density at radius 2 is 1.73 bits per heavy atom. The Morgan fingerprint density at radius 3 is 2.43 bits per heavy atom. The van der Waals surface area contributed by atoms with Crippen LogP contribution in [0.4, 0.5) is 15.8 Å². The summed E-state index contributed by atoms with van der Waals surface area (Å²) >= 11 is 5.57. The zero-order valence-electron chi connectivity index (χ0n) is 17.4. The molecule has 0 amide bonds. The van der Waals surface area contributed by atoms with Gasteiger partial charge in [-0.15, -0.1) is 0 Å². The van der Waals surface area contributed by atoms with Crippen LogP contribution in [0.25, 0.3) is 0 Å². The van der Waals surface area contributed by atoms with Crippen molar-refractivity contribution in [3.63, 3.8) is 0 Å². The van der Waals surface area contributed by atoms with Crippen LogP contribution in [0.1, 0.15) is 5.56 Å². The lowest BCUT2D eigenvalue weighted by atomic mass is 10.2. The van der Waals surface area contributed by atoms with E-state index in [4.69, 9.17) is 17.0 Å². The van der Waals surface area contributed by atoms with Crippen molar-refractivity contribution in [3.05, 3.63) is 59.9 Å². The van der Waals surface area contributed by atoms with E-state index in [9.17, 15) is 4.39 Å². The van der Waals surface area contributed by atoms with Crippen molar-refractivity contribution in [2.45, 2.75) is 13.0 Å². The molecule has 0 bridgehead atoms. The normalized spacial score (nSPS) is 20.3. The molecule has 5 nitrogen and oxygen atoms in total. The lowest BCUT2D eigenvalue weighted by Crippen LogP contribution is -2.54. The molecule has 2 saturated heterocycles. The van der Waals surface area contributed by atoms with Crippen LogP contribution in [0.2, 0.25) is 0 Å². The second-order valence-corrected chi connectivity index (χ2v) is 8.39. The third-order valence-electron chi connectivity index (χ3n) is 5.75. The number of nitrogens with zero attached hydrogens (tertiary/aromatic N) is 3.